The van der Waals surface area contributed by atoms with Crippen molar-refractivity contribution in [3.63, 3.8) is 0 Å². The number of amides is 1. The number of carbonyl (C=O) groups is 1. The molecule has 0 fully saturated rings. The molecule has 0 aliphatic heterocycles. The van der Waals surface area contributed by atoms with Crippen molar-refractivity contribution < 1.29 is 14.3 Å². The average molecular weight is 499 g/mol. The Labute approximate surface area is 221 Å². The molecule has 1 atom stereocenters. The van der Waals surface area contributed by atoms with E-state index in [0.717, 1.165) is 66.7 Å². The minimum Gasteiger partial charge on any atom is -0.497 e. The van der Waals surface area contributed by atoms with Gasteiger partial charge in [0.25, 0.3) is 0 Å². The van der Waals surface area contributed by atoms with Gasteiger partial charge in [-0.3, -0.25) is 9.78 Å². The van der Waals surface area contributed by atoms with Gasteiger partial charge in [-0.25, -0.2) is 0 Å². The molecule has 0 unspecified atom stereocenters. The molecule has 0 bridgehead atoms. The minimum atomic E-state index is -0.0671. The van der Waals surface area contributed by atoms with Gasteiger partial charge in [-0.1, -0.05) is 62.2 Å². The van der Waals surface area contributed by atoms with E-state index in [1.54, 1.807) is 26.5 Å². The lowest BCUT2D eigenvalue weighted by Gasteiger charge is -2.17. The van der Waals surface area contributed by atoms with Crippen LogP contribution in [0.15, 0.2) is 91.3 Å². The Balaban J connectivity index is 1.69. The van der Waals surface area contributed by atoms with Crippen molar-refractivity contribution in [3.05, 3.63) is 108 Å². The fraction of sp³-hybridized carbons (Fsp3) is 0.312. The first-order valence-corrected chi connectivity index (χ1v) is 13.0. The number of nitrogens with one attached hydrogen (secondary N) is 1. The smallest absolute Gasteiger partial charge is 0.244 e. The standard InChI is InChI=1S/C32H38N2O3/c1-4-5-11-28(12-6-9-25-10-8-23-33-24-25)34-32(35)14-7-13-31(26-15-19-29(36-2)20-16-26)27-17-21-30(37-3)22-18-27/h7-8,10,13-24,28H,4-6,9,11-12H2,1-3H3,(H,34,35)/b14-7+/t28-/m1/s1. The highest BCUT2D eigenvalue weighted by Gasteiger charge is 2.11. The molecule has 37 heavy (non-hydrogen) atoms. The first-order chi connectivity index (χ1) is 18.1. The molecular weight excluding hydrogens is 460 g/mol. The number of hydrogen-bond donors (Lipinski definition) is 1. The average Bonchev–Trinajstić information content (AvgIpc) is 2.95. The van der Waals surface area contributed by atoms with Crippen molar-refractivity contribution in [1.82, 2.24) is 10.3 Å². The summed E-state index contributed by atoms with van der Waals surface area (Å²) in [5.41, 5.74) is 4.31. The van der Waals surface area contributed by atoms with E-state index >= 15 is 0 Å². The molecule has 1 amide bonds. The number of hydrogen-bond acceptors (Lipinski definition) is 4. The van der Waals surface area contributed by atoms with Crippen LogP contribution in [0.1, 0.15) is 55.7 Å². The number of allylic oxidation sites excluding steroid dienone is 2. The third kappa shape index (κ3) is 9.26. The van der Waals surface area contributed by atoms with Crippen LogP contribution < -0.4 is 14.8 Å². The van der Waals surface area contributed by atoms with Gasteiger partial charge in [-0.05, 0) is 78.3 Å². The van der Waals surface area contributed by atoms with E-state index in [-0.39, 0.29) is 11.9 Å². The highest BCUT2D eigenvalue weighted by molar-refractivity contribution is 5.89. The Morgan fingerprint density at radius 2 is 1.54 bits per heavy atom. The van der Waals surface area contributed by atoms with Crippen LogP contribution in [0.4, 0.5) is 0 Å². The molecule has 0 aliphatic rings. The van der Waals surface area contributed by atoms with Gasteiger partial charge in [-0.2, -0.15) is 0 Å². The fourth-order valence-corrected chi connectivity index (χ4v) is 4.22. The summed E-state index contributed by atoms with van der Waals surface area (Å²) in [7, 11) is 3.31. The highest BCUT2D eigenvalue weighted by Crippen LogP contribution is 2.27. The molecule has 2 aromatic carbocycles. The molecular formula is C32H38N2O3. The maximum absolute atomic E-state index is 12.8. The van der Waals surface area contributed by atoms with Crippen LogP contribution in [-0.2, 0) is 11.2 Å². The second-order valence-electron chi connectivity index (χ2n) is 9.00. The van der Waals surface area contributed by atoms with Crippen molar-refractivity contribution >= 4 is 11.5 Å². The second kappa shape index (κ2) is 15.3. The topological polar surface area (TPSA) is 60.5 Å². The van der Waals surface area contributed by atoms with Crippen LogP contribution in [0.5, 0.6) is 11.5 Å². The van der Waals surface area contributed by atoms with Gasteiger partial charge >= 0.3 is 0 Å². The van der Waals surface area contributed by atoms with Crippen molar-refractivity contribution in [3.8, 4) is 11.5 Å². The molecule has 1 N–H and O–H groups in total. The molecule has 194 valence electrons. The van der Waals surface area contributed by atoms with Gasteiger partial charge < -0.3 is 14.8 Å². The number of aryl methyl sites for hydroxylation is 1. The molecule has 0 saturated carbocycles. The predicted octanol–water partition coefficient (Wildman–Crippen LogP) is 6.78. The molecule has 0 aliphatic carbocycles. The summed E-state index contributed by atoms with van der Waals surface area (Å²) < 4.78 is 10.6. The van der Waals surface area contributed by atoms with Gasteiger partial charge in [0.1, 0.15) is 11.5 Å². The quantitative estimate of drug-likeness (QED) is 0.196. The van der Waals surface area contributed by atoms with Gasteiger partial charge in [0, 0.05) is 24.5 Å². The largest absolute Gasteiger partial charge is 0.497 e. The molecule has 5 nitrogen and oxygen atoms in total. The number of ether oxygens (including phenoxy) is 2. The van der Waals surface area contributed by atoms with E-state index in [2.05, 4.69) is 23.3 Å². The van der Waals surface area contributed by atoms with E-state index in [1.165, 1.54) is 5.56 Å². The van der Waals surface area contributed by atoms with Crippen LogP contribution in [0.2, 0.25) is 0 Å². The van der Waals surface area contributed by atoms with Crippen LogP contribution in [0.25, 0.3) is 5.57 Å². The molecule has 3 rings (SSSR count). The molecule has 0 spiro atoms. The first-order valence-electron chi connectivity index (χ1n) is 13.0. The number of nitrogens with zero attached hydrogens (tertiary/aromatic N) is 1. The number of rotatable bonds is 14. The second-order valence-corrected chi connectivity index (χ2v) is 9.00. The van der Waals surface area contributed by atoms with E-state index < -0.39 is 0 Å². The third-order valence-corrected chi connectivity index (χ3v) is 6.31. The van der Waals surface area contributed by atoms with Crippen LogP contribution >= 0.6 is 0 Å². The Bertz CT molecular complexity index is 1090. The van der Waals surface area contributed by atoms with Crippen molar-refractivity contribution in [1.29, 1.82) is 0 Å². The zero-order valence-electron chi connectivity index (χ0n) is 22.2. The Morgan fingerprint density at radius 1 is 0.919 bits per heavy atom. The number of pyridine rings is 1. The number of methoxy groups -OCH3 is 2. The summed E-state index contributed by atoms with van der Waals surface area (Å²) in [4.78, 5) is 17.0. The van der Waals surface area contributed by atoms with E-state index in [0.29, 0.717) is 0 Å². The van der Waals surface area contributed by atoms with E-state index in [1.807, 2.05) is 72.9 Å². The molecule has 1 aromatic heterocycles. The van der Waals surface area contributed by atoms with Crippen molar-refractivity contribution in [2.45, 2.75) is 51.5 Å². The molecule has 1 heterocycles. The van der Waals surface area contributed by atoms with Crippen LogP contribution in [0.3, 0.4) is 0 Å². The summed E-state index contributed by atoms with van der Waals surface area (Å²) in [6.07, 6.45) is 15.3. The molecule has 5 heteroatoms. The molecule has 0 saturated heterocycles. The summed E-state index contributed by atoms with van der Waals surface area (Å²) >= 11 is 0. The number of aromatic nitrogens is 1. The lowest BCUT2D eigenvalue weighted by molar-refractivity contribution is -0.117. The number of benzene rings is 2. The zero-order valence-corrected chi connectivity index (χ0v) is 22.2. The fourth-order valence-electron chi connectivity index (χ4n) is 4.22. The van der Waals surface area contributed by atoms with Gasteiger partial charge in [-0.15, -0.1) is 0 Å². The maximum Gasteiger partial charge on any atom is 0.244 e. The number of carbonyl (C=O) groups excluding carboxylic acids is 1. The van der Waals surface area contributed by atoms with Crippen molar-refractivity contribution in [2.24, 2.45) is 0 Å². The van der Waals surface area contributed by atoms with Crippen molar-refractivity contribution in [2.75, 3.05) is 14.2 Å². The predicted molar refractivity (Wildman–Crippen MR) is 151 cm³/mol. The van der Waals surface area contributed by atoms with Crippen LogP contribution in [0, 0.1) is 0 Å². The minimum absolute atomic E-state index is 0.0671. The summed E-state index contributed by atoms with van der Waals surface area (Å²) in [5, 5.41) is 3.22. The summed E-state index contributed by atoms with van der Waals surface area (Å²) in [5.74, 6) is 1.53. The summed E-state index contributed by atoms with van der Waals surface area (Å²) in [6.45, 7) is 2.18. The monoisotopic (exact) mass is 498 g/mol. The summed E-state index contributed by atoms with van der Waals surface area (Å²) in [6, 6.07) is 20.1. The maximum atomic E-state index is 12.8. The molecule has 0 radical (unpaired) electrons. The lowest BCUT2D eigenvalue weighted by atomic mass is 9.97. The Kier molecular flexibility index (Phi) is 11.5. The SMILES string of the molecule is CCCC[C@H](CCCc1cccnc1)NC(=O)/C=C/C=C(c1ccc(OC)cc1)c1ccc(OC)cc1. The third-order valence-electron chi connectivity index (χ3n) is 6.31. The Morgan fingerprint density at radius 3 is 2.08 bits per heavy atom. The molecule has 3 aromatic rings. The van der Waals surface area contributed by atoms with E-state index in [4.69, 9.17) is 9.47 Å². The van der Waals surface area contributed by atoms with Gasteiger partial charge in [0.15, 0.2) is 0 Å². The number of unbranched alkanes of at least 4 members (excludes halogenated alkanes) is 1. The van der Waals surface area contributed by atoms with E-state index in [9.17, 15) is 4.79 Å². The van der Waals surface area contributed by atoms with Crippen LogP contribution in [-0.4, -0.2) is 31.2 Å². The normalized spacial score (nSPS) is 11.6. The Hall–Kier alpha value is -3.86. The highest BCUT2D eigenvalue weighted by atomic mass is 16.5. The lowest BCUT2D eigenvalue weighted by Crippen LogP contribution is -2.33. The zero-order chi connectivity index (χ0) is 26.3. The van der Waals surface area contributed by atoms with Gasteiger partial charge in [0.05, 0.1) is 14.2 Å². The first kappa shape index (κ1) is 27.7. The van der Waals surface area contributed by atoms with Gasteiger partial charge in [0.2, 0.25) is 5.91 Å².